The van der Waals surface area contributed by atoms with Gasteiger partial charge < -0.3 is 9.64 Å². The molecule has 9 heteroatoms. The van der Waals surface area contributed by atoms with Gasteiger partial charge >= 0.3 is 0 Å². The number of aromatic nitrogens is 4. The smallest absolute Gasteiger partial charge is 0.240 e. The molecule has 34 heavy (non-hydrogen) atoms. The molecule has 4 bridgehead atoms. The number of hydrazone groups is 1. The molecule has 4 aliphatic carbocycles. The highest BCUT2D eigenvalue weighted by Crippen LogP contribution is 2.64. The molecule has 7 rings (SSSR count). The largest absolute Gasteiger partial charge is 0.378 e. The third-order valence-electron chi connectivity index (χ3n) is 8.47. The van der Waals surface area contributed by atoms with Crippen LogP contribution in [0.5, 0.6) is 0 Å². The molecule has 4 saturated carbocycles. The zero-order chi connectivity index (χ0) is 23.2. The number of nitrogens with one attached hydrogen (secondary N) is 1. The lowest BCUT2D eigenvalue weighted by Crippen LogP contribution is -2.58. The number of rotatable bonds is 6. The highest BCUT2D eigenvalue weighted by Gasteiger charge is 2.59. The average molecular weight is 464 g/mol. The summed E-state index contributed by atoms with van der Waals surface area (Å²) in [4.78, 5) is 17.2. The van der Waals surface area contributed by atoms with E-state index in [2.05, 4.69) is 55.1 Å². The van der Waals surface area contributed by atoms with Gasteiger partial charge in [0, 0.05) is 25.2 Å². The van der Waals surface area contributed by atoms with Crippen LogP contribution in [0.4, 0.5) is 5.69 Å². The molecule has 1 aromatic carbocycles. The zero-order valence-corrected chi connectivity index (χ0v) is 19.8. The summed E-state index contributed by atoms with van der Waals surface area (Å²) in [6.07, 6.45) is 8.76. The van der Waals surface area contributed by atoms with Crippen LogP contribution in [0.25, 0.3) is 0 Å². The normalized spacial score (nSPS) is 32.7. The summed E-state index contributed by atoms with van der Waals surface area (Å²) in [6, 6.07) is 8.39. The second-order valence-corrected chi connectivity index (χ2v) is 11.0. The van der Waals surface area contributed by atoms with Crippen molar-refractivity contribution in [1.29, 1.82) is 0 Å². The van der Waals surface area contributed by atoms with Crippen LogP contribution in [0.2, 0.25) is 0 Å². The lowest BCUT2D eigenvalue weighted by molar-refractivity contribution is -0.139. The van der Waals surface area contributed by atoms with E-state index in [1.807, 2.05) is 11.7 Å². The maximum Gasteiger partial charge on any atom is 0.240 e. The van der Waals surface area contributed by atoms with E-state index in [1.54, 1.807) is 0 Å². The Balaban J connectivity index is 1.11. The van der Waals surface area contributed by atoms with Gasteiger partial charge in [-0.1, -0.05) is 12.1 Å². The summed E-state index contributed by atoms with van der Waals surface area (Å²) in [6.45, 7) is 5.32. The van der Waals surface area contributed by atoms with Crippen molar-refractivity contribution < 1.29 is 9.53 Å². The number of carbonyl (C=O) groups excluding carboxylic acids is 1. The third-order valence-corrected chi connectivity index (χ3v) is 8.47. The number of hydrogen-bond acceptors (Lipinski definition) is 7. The maximum atomic E-state index is 13.0. The number of anilines is 1. The first kappa shape index (κ1) is 21.7. The number of tetrazole rings is 1. The van der Waals surface area contributed by atoms with Crippen molar-refractivity contribution in [1.82, 2.24) is 25.6 Å². The first-order chi connectivity index (χ1) is 16.5. The fraction of sp³-hybridized carbons (Fsp3) is 0.640. The minimum Gasteiger partial charge on any atom is -0.378 e. The van der Waals surface area contributed by atoms with Gasteiger partial charge in [0.15, 0.2) is 6.33 Å². The van der Waals surface area contributed by atoms with Gasteiger partial charge in [0.2, 0.25) is 5.91 Å². The Hall–Kier alpha value is -2.81. The predicted octanol–water partition coefficient (Wildman–Crippen LogP) is 2.74. The Morgan fingerprint density at radius 3 is 2.56 bits per heavy atom. The molecule has 1 aliphatic heterocycles. The van der Waals surface area contributed by atoms with E-state index in [4.69, 9.17) is 4.74 Å². The minimum atomic E-state index is -0.0672. The summed E-state index contributed by atoms with van der Waals surface area (Å²) in [5, 5.41) is 17.1. The molecule has 2 atom stereocenters. The first-order valence-corrected chi connectivity index (χ1v) is 12.5. The molecule has 0 spiro atoms. The van der Waals surface area contributed by atoms with Crippen LogP contribution >= 0.6 is 0 Å². The number of nitrogens with zero attached hydrogens (tertiary/aromatic N) is 6. The number of carbonyl (C=O) groups is 1. The second kappa shape index (κ2) is 8.45. The lowest BCUT2D eigenvalue weighted by atomic mass is 9.46. The highest BCUT2D eigenvalue weighted by molar-refractivity contribution is 5.99. The highest BCUT2D eigenvalue weighted by atomic mass is 16.5. The van der Waals surface area contributed by atoms with Crippen molar-refractivity contribution >= 4 is 17.3 Å². The molecule has 5 fully saturated rings. The van der Waals surface area contributed by atoms with E-state index in [1.165, 1.54) is 18.4 Å². The average Bonchev–Trinajstić information content (AvgIpc) is 3.38. The Kier molecular flexibility index (Phi) is 5.39. The van der Waals surface area contributed by atoms with Gasteiger partial charge in [0.1, 0.15) is 0 Å². The molecule has 1 aromatic heterocycles. The molecular formula is C25H33N7O2. The van der Waals surface area contributed by atoms with Gasteiger partial charge in [-0.3, -0.25) is 4.79 Å². The van der Waals surface area contributed by atoms with E-state index in [0.717, 1.165) is 69.7 Å². The quantitative estimate of drug-likeness (QED) is 0.523. The van der Waals surface area contributed by atoms with E-state index < -0.39 is 0 Å². The van der Waals surface area contributed by atoms with Gasteiger partial charge in [-0.05, 0) is 85.6 Å². The number of amides is 1. The third kappa shape index (κ3) is 4.00. The van der Waals surface area contributed by atoms with Crippen molar-refractivity contribution in [2.24, 2.45) is 22.4 Å². The molecule has 2 heterocycles. The molecule has 1 amide bonds. The minimum absolute atomic E-state index is 0.00735. The van der Waals surface area contributed by atoms with Crippen molar-refractivity contribution in [2.45, 2.75) is 57.4 Å². The molecule has 5 aliphatic rings. The maximum absolute atomic E-state index is 13.0. The monoisotopic (exact) mass is 463 g/mol. The van der Waals surface area contributed by atoms with Crippen molar-refractivity contribution in [3.63, 3.8) is 0 Å². The standard InChI is InChI=1S/C25H33N7O2/c1-18(21-2-4-22(5-3-21)31-6-8-34-9-7-31)28-29-23(33)15-24-11-19-10-20(12-24)14-25(13-19,16-24)32-27-17-26-30-32/h2-5,17,19-20H,6-16H2,1H3,(H,29,33)/b28-18+/t19-,20-,24?,25?/m1/s1. The molecule has 1 saturated heterocycles. The Bertz CT molecular complexity index is 1050. The number of benzene rings is 1. The Morgan fingerprint density at radius 2 is 1.88 bits per heavy atom. The SMILES string of the molecule is C/C(=N\NC(=O)CC12C[C@H]3C[C@H](C1)CC(n1ncnn1)(C3)C2)c1ccc(N2CCOCC2)cc1. The topological polar surface area (TPSA) is 97.5 Å². The van der Waals surface area contributed by atoms with Crippen LogP contribution in [0.3, 0.4) is 0 Å². The van der Waals surface area contributed by atoms with Crippen molar-refractivity contribution in [3.05, 3.63) is 36.2 Å². The number of morpholine rings is 1. The zero-order valence-electron chi connectivity index (χ0n) is 19.8. The molecule has 0 unspecified atom stereocenters. The molecule has 9 nitrogen and oxygen atoms in total. The fourth-order valence-corrected chi connectivity index (χ4v) is 7.55. The summed E-state index contributed by atoms with van der Waals surface area (Å²) < 4.78 is 5.44. The molecule has 2 aromatic rings. The summed E-state index contributed by atoms with van der Waals surface area (Å²) in [5.74, 6) is 1.30. The van der Waals surface area contributed by atoms with Crippen LogP contribution in [0.1, 0.15) is 57.4 Å². The second-order valence-electron chi connectivity index (χ2n) is 11.0. The Labute approximate surface area is 199 Å². The number of hydrogen-bond donors (Lipinski definition) is 1. The van der Waals surface area contributed by atoms with Crippen LogP contribution < -0.4 is 10.3 Å². The van der Waals surface area contributed by atoms with Gasteiger partial charge in [-0.25, -0.2) is 5.43 Å². The first-order valence-electron chi connectivity index (χ1n) is 12.5. The molecule has 0 radical (unpaired) electrons. The van der Waals surface area contributed by atoms with E-state index >= 15 is 0 Å². The number of ether oxygens (including phenoxy) is 1. The van der Waals surface area contributed by atoms with Gasteiger partial charge in [-0.15, -0.1) is 10.2 Å². The van der Waals surface area contributed by atoms with Crippen LogP contribution in [0, 0.1) is 17.3 Å². The van der Waals surface area contributed by atoms with Gasteiger partial charge in [-0.2, -0.15) is 9.90 Å². The van der Waals surface area contributed by atoms with Gasteiger partial charge in [0.05, 0.1) is 24.5 Å². The van der Waals surface area contributed by atoms with Crippen LogP contribution in [-0.4, -0.2) is 58.1 Å². The van der Waals surface area contributed by atoms with E-state index in [0.29, 0.717) is 18.3 Å². The lowest BCUT2D eigenvalue weighted by Gasteiger charge is -2.61. The van der Waals surface area contributed by atoms with Crippen LogP contribution in [0.15, 0.2) is 35.7 Å². The summed E-state index contributed by atoms with van der Waals surface area (Å²) in [5.41, 5.74) is 5.83. The van der Waals surface area contributed by atoms with Crippen LogP contribution in [-0.2, 0) is 15.1 Å². The van der Waals surface area contributed by atoms with E-state index in [-0.39, 0.29) is 16.9 Å². The predicted molar refractivity (Wildman–Crippen MR) is 127 cm³/mol. The Morgan fingerprint density at radius 1 is 1.15 bits per heavy atom. The summed E-state index contributed by atoms with van der Waals surface area (Å²) in [7, 11) is 0. The molecular weight excluding hydrogens is 430 g/mol. The molecule has 1 N–H and O–H groups in total. The van der Waals surface area contributed by atoms with Crippen molar-refractivity contribution in [3.8, 4) is 0 Å². The van der Waals surface area contributed by atoms with Gasteiger partial charge in [0.25, 0.3) is 0 Å². The van der Waals surface area contributed by atoms with Crippen molar-refractivity contribution in [2.75, 3.05) is 31.2 Å². The van der Waals surface area contributed by atoms with E-state index in [9.17, 15) is 4.79 Å². The molecule has 180 valence electrons. The fourth-order valence-electron chi connectivity index (χ4n) is 7.55. The summed E-state index contributed by atoms with van der Waals surface area (Å²) >= 11 is 0.